The molecule has 1 aliphatic heterocycles. The zero-order valence-corrected chi connectivity index (χ0v) is 22.2. The third-order valence-electron chi connectivity index (χ3n) is 4.91. The van der Waals surface area contributed by atoms with Gasteiger partial charge in [-0.05, 0) is 88.7 Å². The lowest BCUT2D eigenvalue weighted by Gasteiger charge is -2.14. The zero-order valence-electron chi connectivity index (χ0n) is 19.0. The Morgan fingerprint density at radius 3 is 2.60 bits per heavy atom. The molecule has 1 fully saturated rings. The smallest absolute Gasteiger partial charge is 0.264 e. The number of carbonyl (C=O) groups is 1. The van der Waals surface area contributed by atoms with Crippen LogP contribution in [-0.2, 0) is 11.4 Å². The molecule has 180 valence electrons. The first-order valence-corrected chi connectivity index (χ1v) is 12.7. The molecule has 0 bridgehead atoms. The molecule has 0 spiro atoms. The average molecular weight is 574 g/mol. The fraction of sp³-hybridized carbons (Fsp3) is 0.154. The topological polar surface area (TPSA) is 69.2 Å². The number of hydrogen-bond donors (Lipinski definition) is 1. The summed E-state index contributed by atoms with van der Waals surface area (Å²) in [6.07, 6.45) is 1.78. The summed E-state index contributed by atoms with van der Waals surface area (Å²) in [6.45, 7) is 2.82. The molecule has 0 radical (unpaired) electrons. The van der Waals surface area contributed by atoms with Crippen molar-refractivity contribution in [1.29, 1.82) is 0 Å². The summed E-state index contributed by atoms with van der Waals surface area (Å²) < 4.78 is 17.7. The second-order valence-corrected chi connectivity index (χ2v) is 9.62. The monoisotopic (exact) mass is 572 g/mol. The van der Waals surface area contributed by atoms with Crippen molar-refractivity contribution >= 4 is 62.1 Å². The number of thioether (sulfide) groups is 1. The predicted molar refractivity (Wildman–Crippen MR) is 145 cm³/mol. The van der Waals surface area contributed by atoms with Gasteiger partial charge in [0.1, 0.15) is 12.4 Å². The molecule has 1 aliphatic rings. The molecule has 6 nitrogen and oxygen atoms in total. The normalized spacial score (nSPS) is 15.4. The standard InChI is InChI=1S/C26H22BrClN2O4S/c1-3-33-19-10-8-18(9-11-19)29-26-30-25(31)23(35-26)14-16-12-20(27)24(22(13-16)32-2)34-15-17-6-4-5-7-21(17)28/h4-14H,3,15H2,1-2H3,(H,29,30,31)/b23-14+. The zero-order chi connectivity index (χ0) is 24.8. The van der Waals surface area contributed by atoms with Crippen LogP contribution < -0.4 is 19.5 Å². The molecule has 0 saturated carbocycles. The van der Waals surface area contributed by atoms with Gasteiger partial charge in [-0.15, -0.1) is 0 Å². The van der Waals surface area contributed by atoms with Crippen LogP contribution in [0.4, 0.5) is 5.69 Å². The largest absolute Gasteiger partial charge is 0.494 e. The molecule has 9 heteroatoms. The number of halogens is 2. The first-order valence-electron chi connectivity index (χ1n) is 10.7. The highest BCUT2D eigenvalue weighted by molar-refractivity contribution is 9.10. The van der Waals surface area contributed by atoms with Crippen LogP contribution >= 0.6 is 39.3 Å². The molecular weight excluding hydrogens is 552 g/mol. The van der Waals surface area contributed by atoms with Crippen LogP contribution in [0.25, 0.3) is 6.08 Å². The fourth-order valence-corrected chi connectivity index (χ4v) is 4.87. The van der Waals surface area contributed by atoms with Crippen molar-refractivity contribution in [2.45, 2.75) is 13.5 Å². The third kappa shape index (κ3) is 6.39. The Bertz CT molecular complexity index is 1300. The third-order valence-corrected chi connectivity index (χ3v) is 6.78. The number of aliphatic imine (C=N–C) groups is 1. The summed E-state index contributed by atoms with van der Waals surface area (Å²) in [5.41, 5.74) is 2.37. The molecule has 0 aliphatic carbocycles. The number of methoxy groups -OCH3 is 1. The van der Waals surface area contributed by atoms with Crippen molar-refractivity contribution in [3.63, 3.8) is 0 Å². The molecule has 3 aromatic rings. The molecule has 1 heterocycles. The second-order valence-electron chi connectivity index (χ2n) is 7.32. The highest BCUT2D eigenvalue weighted by atomic mass is 79.9. The van der Waals surface area contributed by atoms with E-state index < -0.39 is 0 Å². The van der Waals surface area contributed by atoms with Gasteiger partial charge in [-0.3, -0.25) is 4.79 Å². The summed E-state index contributed by atoms with van der Waals surface area (Å²) in [5.74, 6) is 1.65. The van der Waals surface area contributed by atoms with E-state index in [1.807, 2.05) is 67.6 Å². The number of nitrogens with one attached hydrogen (secondary N) is 1. The lowest BCUT2D eigenvalue weighted by Crippen LogP contribution is -2.19. The molecule has 0 atom stereocenters. The molecule has 1 amide bonds. The minimum atomic E-state index is -0.214. The second kappa shape index (κ2) is 11.7. The Morgan fingerprint density at radius 2 is 1.89 bits per heavy atom. The minimum absolute atomic E-state index is 0.214. The van der Waals surface area contributed by atoms with Gasteiger partial charge in [0.15, 0.2) is 16.7 Å². The van der Waals surface area contributed by atoms with Gasteiger partial charge in [0, 0.05) is 10.6 Å². The van der Waals surface area contributed by atoms with E-state index in [1.54, 1.807) is 13.2 Å². The van der Waals surface area contributed by atoms with E-state index in [2.05, 4.69) is 26.2 Å². The lowest BCUT2D eigenvalue weighted by molar-refractivity contribution is -0.115. The molecule has 1 N–H and O–H groups in total. The van der Waals surface area contributed by atoms with Gasteiger partial charge in [-0.2, -0.15) is 0 Å². The van der Waals surface area contributed by atoms with E-state index in [4.69, 9.17) is 25.8 Å². The number of amides is 1. The van der Waals surface area contributed by atoms with Crippen molar-refractivity contribution in [1.82, 2.24) is 5.32 Å². The summed E-state index contributed by atoms with van der Waals surface area (Å²) in [4.78, 5) is 17.6. The maximum Gasteiger partial charge on any atom is 0.264 e. The van der Waals surface area contributed by atoms with Crippen LogP contribution in [0.15, 0.2) is 75.0 Å². The van der Waals surface area contributed by atoms with Crippen LogP contribution in [0.2, 0.25) is 5.02 Å². The van der Waals surface area contributed by atoms with Gasteiger partial charge >= 0.3 is 0 Å². The molecule has 0 aromatic heterocycles. The van der Waals surface area contributed by atoms with E-state index >= 15 is 0 Å². The SMILES string of the molecule is CCOc1ccc(N=C2NC(=O)/C(=C\c3cc(Br)c(OCc4ccccc4Cl)c(OC)c3)S2)cc1. The average Bonchev–Trinajstić information content (AvgIpc) is 3.18. The highest BCUT2D eigenvalue weighted by Gasteiger charge is 2.24. The van der Waals surface area contributed by atoms with Crippen LogP contribution in [0.1, 0.15) is 18.1 Å². The van der Waals surface area contributed by atoms with Gasteiger partial charge < -0.3 is 19.5 Å². The van der Waals surface area contributed by atoms with E-state index in [0.29, 0.717) is 44.3 Å². The Balaban J connectivity index is 1.51. The van der Waals surface area contributed by atoms with Crippen LogP contribution in [-0.4, -0.2) is 24.8 Å². The molecule has 0 unspecified atom stereocenters. The van der Waals surface area contributed by atoms with Gasteiger partial charge in [-0.1, -0.05) is 29.8 Å². The van der Waals surface area contributed by atoms with Crippen molar-refractivity contribution in [2.24, 2.45) is 4.99 Å². The molecular formula is C26H22BrClN2O4S. The van der Waals surface area contributed by atoms with Crippen LogP contribution in [0.3, 0.4) is 0 Å². The van der Waals surface area contributed by atoms with Crippen molar-refractivity contribution in [3.05, 3.63) is 86.2 Å². The molecule has 1 saturated heterocycles. The number of ether oxygens (including phenoxy) is 3. The Kier molecular flexibility index (Phi) is 8.38. The number of benzene rings is 3. The van der Waals surface area contributed by atoms with Gasteiger partial charge in [0.2, 0.25) is 0 Å². The Hall–Kier alpha value is -2.94. The van der Waals surface area contributed by atoms with Crippen molar-refractivity contribution in [2.75, 3.05) is 13.7 Å². The van der Waals surface area contributed by atoms with Gasteiger partial charge in [0.25, 0.3) is 5.91 Å². The van der Waals surface area contributed by atoms with E-state index in [9.17, 15) is 4.79 Å². The molecule has 3 aromatic carbocycles. The number of carbonyl (C=O) groups excluding carboxylic acids is 1. The first-order chi connectivity index (χ1) is 17.0. The summed E-state index contributed by atoms with van der Waals surface area (Å²) in [7, 11) is 1.57. The Morgan fingerprint density at radius 1 is 1.11 bits per heavy atom. The lowest BCUT2D eigenvalue weighted by atomic mass is 10.2. The Labute approximate surface area is 221 Å². The quantitative estimate of drug-likeness (QED) is 0.295. The maximum absolute atomic E-state index is 12.5. The minimum Gasteiger partial charge on any atom is -0.494 e. The van der Waals surface area contributed by atoms with E-state index in [-0.39, 0.29) is 5.91 Å². The maximum atomic E-state index is 12.5. The van der Waals surface area contributed by atoms with Crippen LogP contribution in [0, 0.1) is 0 Å². The number of nitrogens with zero attached hydrogens (tertiary/aromatic N) is 1. The highest BCUT2D eigenvalue weighted by Crippen LogP contribution is 2.39. The van der Waals surface area contributed by atoms with Gasteiger partial charge in [0.05, 0.1) is 28.8 Å². The fourth-order valence-electron chi connectivity index (χ4n) is 3.26. The number of amidine groups is 1. The predicted octanol–water partition coefficient (Wildman–Crippen LogP) is 6.98. The van der Waals surface area contributed by atoms with E-state index in [0.717, 1.165) is 22.6 Å². The summed E-state index contributed by atoms with van der Waals surface area (Å²) in [5, 5.41) is 3.95. The molecule has 35 heavy (non-hydrogen) atoms. The van der Waals surface area contributed by atoms with Crippen molar-refractivity contribution < 1.29 is 19.0 Å². The first kappa shape index (κ1) is 25.2. The number of hydrogen-bond acceptors (Lipinski definition) is 6. The van der Waals surface area contributed by atoms with Gasteiger partial charge in [-0.25, -0.2) is 4.99 Å². The van der Waals surface area contributed by atoms with Crippen LogP contribution in [0.5, 0.6) is 17.2 Å². The summed E-state index contributed by atoms with van der Waals surface area (Å²) >= 11 is 11.1. The number of rotatable bonds is 8. The van der Waals surface area contributed by atoms with E-state index in [1.165, 1.54) is 11.8 Å². The molecule has 4 rings (SSSR count). The van der Waals surface area contributed by atoms with Crippen molar-refractivity contribution in [3.8, 4) is 17.2 Å². The summed E-state index contributed by atoms with van der Waals surface area (Å²) in [6, 6.07) is 18.6.